The summed E-state index contributed by atoms with van der Waals surface area (Å²) < 4.78 is 1.45. The number of carbonyl (C=O) groups excluding carboxylic acids is 1. The van der Waals surface area contributed by atoms with Crippen LogP contribution in [0.3, 0.4) is 0 Å². The van der Waals surface area contributed by atoms with E-state index in [2.05, 4.69) is 4.98 Å². The summed E-state index contributed by atoms with van der Waals surface area (Å²) in [6, 6.07) is 1.74. The minimum absolute atomic E-state index is 0.0768. The molecule has 0 spiro atoms. The zero-order valence-corrected chi connectivity index (χ0v) is 14.4. The van der Waals surface area contributed by atoms with Gasteiger partial charge in [-0.1, -0.05) is 0 Å². The number of hydrogen-bond donors (Lipinski definition) is 1. The van der Waals surface area contributed by atoms with Crippen molar-refractivity contribution >= 4 is 33.4 Å². The number of aromatic nitrogens is 2. The fraction of sp³-hybridized carbons (Fsp3) is 0.529. The second-order valence-electron chi connectivity index (χ2n) is 6.88. The van der Waals surface area contributed by atoms with Crippen LogP contribution in [0.15, 0.2) is 22.6 Å². The molecule has 132 valence electrons. The van der Waals surface area contributed by atoms with Crippen molar-refractivity contribution in [2.45, 2.75) is 25.8 Å². The van der Waals surface area contributed by atoms with Gasteiger partial charge in [-0.25, -0.2) is 4.98 Å². The van der Waals surface area contributed by atoms with Gasteiger partial charge in [0, 0.05) is 26.1 Å². The molecule has 2 aromatic heterocycles. The van der Waals surface area contributed by atoms with Crippen LogP contribution >= 0.6 is 11.3 Å². The average Bonchev–Trinajstić information content (AvgIpc) is 3.15. The monoisotopic (exact) mass is 361 g/mol. The van der Waals surface area contributed by atoms with Gasteiger partial charge in [-0.05, 0) is 36.1 Å². The van der Waals surface area contributed by atoms with Crippen molar-refractivity contribution in [1.82, 2.24) is 14.5 Å². The van der Waals surface area contributed by atoms with Crippen molar-refractivity contribution < 1.29 is 14.7 Å². The summed E-state index contributed by atoms with van der Waals surface area (Å²) in [5.74, 6) is -0.829. The largest absolute Gasteiger partial charge is 0.481 e. The highest BCUT2D eigenvalue weighted by molar-refractivity contribution is 7.16. The predicted molar refractivity (Wildman–Crippen MR) is 92.4 cm³/mol. The standard InChI is InChI=1S/C17H19N3O4S/c21-14(20-7-12(10-1-2-10)13(8-20)17(23)24)3-5-19-9-18-15-11(16(19)22)4-6-25-15/h4,6,9-10,12-13H,1-3,5,7-8H2,(H,23,24)/t12-,13+/m1/s1. The molecular formula is C17H19N3O4S. The van der Waals surface area contributed by atoms with Crippen LogP contribution in [0.25, 0.3) is 10.2 Å². The molecule has 2 aliphatic rings. The maximum atomic E-state index is 12.5. The maximum absolute atomic E-state index is 12.5. The van der Waals surface area contributed by atoms with Crippen molar-refractivity contribution in [2.75, 3.05) is 13.1 Å². The van der Waals surface area contributed by atoms with Gasteiger partial charge in [0.05, 0.1) is 17.6 Å². The Bertz CT molecular complexity index is 885. The van der Waals surface area contributed by atoms with Gasteiger partial charge >= 0.3 is 5.97 Å². The summed E-state index contributed by atoms with van der Waals surface area (Å²) in [6.07, 6.45) is 3.79. The van der Waals surface area contributed by atoms with E-state index in [-0.39, 0.29) is 36.9 Å². The molecule has 25 heavy (non-hydrogen) atoms. The van der Waals surface area contributed by atoms with Gasteiger partial charge in [-0.3, -0.25) is 19.0 Å². The number of aryl methyl sites for hydroxylation is 1. The number of carbonyl (C=O) groups is 2. The molecule has 0 bridgehead atoms. The molecule has 0 unspecified atom stereocenters. The van der Waals surface area contributed by atoms with E-state index >= 15 is 0 Å². The van der Waals surface area contributed by atoms with E-state index < -0.39 is 11.9 Å². The summed E-state index contributed by atoms with van der Waals surface area (Å²) >= 11 is 1.41. The molecule has 0 radical (unpaired) electrons. The highest BCUT2D eigenvalue weighted by Crippen LogP contribution is 2.44. The molecule has 1 N–H and O–H groups in total. The fourth-order valence-electron chi connectivity index (χ4n) is 3.72. The molecule has 4 rings (SSSR count). The van der Waals surface area contributed by atoms with Gasteiger partial charge in [0.15, 0.2) is 0 Å². The van der Waals surface area contributed by atoms with Crippen LogP contribution in [0.1, 0.15) is 19.3 Å². The SMILES string of the molecule is O=C(O)[C@H]1CN(C(=O)CCn2cnc3sccc3c2=O)C[C@@H]1C1CC1. The van der Waals surface area contributed by atoms with Crippen LogP contribution < -0.4 is 5.56 Å². The van der Waals surface area contributed by atoms with E-state index in [4.69, 9.17) is 0 Å². The molecule has 0 aromatic carbocycles. The molecule has 7 nitrogen and oxygen atoms in total. The lowest BCUT2D eigenvalue weighted by Crippen LogP contribution is -2.31. The molecule has 1 saturated carbocycles. The van der Waals surface area contributed by atoms with Crippen LogP contribution in [-0.2, 0) is 16.1 Å². The Hall–Kier alpha value is -2.22. The Morgan fingerprint density at radius 3 is 2.84 bits per heavy atom. The second kappa shape index (κ2) is 6.25. The van der Waals surface area contributed by atoms with E-state index in [0.717, 1.165) is 12.8 Å². The highest BCUT2D eigenvalue weighted by atomic mass is 32.1. The Morgan fingerprint density at radius 1 is 1.32 bits per heavy atom. The number of carboxylic acid groups (broad SMARTS) is 1. The first-order valence-corrected chi connectivity index (χ1v) is 9.36. The number of carboxylic acids is 1. The first kappa shape index (κ1) is 16.3. The third-order valence-electron chi connectivity index (χ3n) is 5.28. The second-order valence-corrected chi connectivity index (χ2v) is 7.77. The van der Waals surface area contributed by atoms with Gasteiger partial charge in [0.25, 0.3) is 5.56 Å². The molecule has 1 amide bonds. The number of nitrogens with zero attached hydrogens (tertiary/aromatic N) is 3. The Morgan fingerprint density at radius 2 is 2.12 bits per heavy atom. The number of likely N-dealkylation sites (tertiary alicyclic amines) is 1. The number of aliphatic carboxylic acids is 1. The number of hydrogen-bond acceptors (Lipinski definition) is 5. The topological polar surface area (TPSA) is 92.5 Å². The Kier molecular flexibility index (Phi) is 4.07. The van der Waals surface area contributed by atoms with Gasteiger partial charge < -0.3 is 10.0 Å². The molecule has 2 aromatic rings. The average molecular weight is 361 g/mol. The molecular weight excluding hydrogens is 342 g/mol. The lowest BCUT2D eigenvalue weighted by Gasteiger charge is -2.16. The lowest BCUT2D eigenvalue weighted by atomic mass is 9.92. The molecule has 1 saturated heterocycles. The van der Waals surface area contributed by atoms with E-state index in [1.165, 1.54) is 22.2 Å². The normalized spacial score (nSPS) is 23.3. The maximum Gasteiger partial charge on any atom is 0.308 e. The van der Waals surface area contributed by atoms with E-state index in [9.17, 15) is 19.5 Å². The molecule has 2 fully saturated rings. The van der Waals surface area contributed by atoms with Crippen LogP contribution in [0, 0.1) is 17.8 Å². The summed E-state index contributed by atoms with van der Waals surface area (Å²) in [5, 5.41) is 11.8. The van der Waals surface area contributed by atoms with Crippen molar-refractivity contribution in [3.63, 3.8) is 0 Å². The summed E-state index contributed by atoms with van der Waals surface area (Å²) in [6.45, 7) is 1.07. The molecule has 1 aliphatic carbocycles. The number of amides is 1. The molecule has 2 atom stereocenters. The third-order valence-corrected chi connectivity index (χ3v) is 6.10. The molecule has 8 heteroatoms. The molecule has 1 aliphatic heterocycles. The number of thiophene rings is 1. The minimum Gasteiger partial charge on any atom is -0.481 e. The Balaban J connectivity index is 1.42. The first-order valence-electron chi connectivity index (χ1n) is 8.48. The van der Waals surface area contributed by atoms with Gasteiger partial charge in [-0.2, -0.15) is 0 Å². The fourth-order valence-corrected chi connectivity index (χ4v) is 4.45. The van der Waals surface area contributed by atoms with Crippen LogP contribution in [0.5, 0.6) is 0 Å². The zero-order valence-electron chi connectivity index (χ0n) is 13.6. The van der Waals surface area contributed by atoms with Gasteiger partial charge in [0.2, 0.25) is 5.91 Å². The van der Waals surface area contributed by atoms with Crippen molar-refractivity contribution in [2.24, 2.45) is 17.8 Å². The quantitative estimate of drug-likeness (QED) is 0.869. The van der Waals surface area contributed by atoms with Gasteiger partial charge in [-0.15, -0.1) is 11.3 Å². The van der Waals surface area contributed by atoms with Crippen LogP contribution in [-0.4, -0.2) is 44.5 Å². The summed E-state index contributed by atoms with van der Waals surface area (Å²) in [5.41, 5.74) is -0.139. The summed E-state index contributed by atoms with van der Waals surface area (Å²) in [7, 11) is 0. The van der Waals surface area contributed by atoms with E-state index in [0.29, 0.717) is 22.7 Å². The van der Waals surface area contributed by atoms with Crippen molar-refractivity contribution in [3.05, 3.63) is 28.1 Å². The predicted octanol–water partition coefficient (Wildman–Crippen LogP) is 1.42. The van der Waals surface area contributed by atoms with Crippen LogP contribution in [0.4, 0.5) is 0 Å². The number of rotatable bonds is 5. The first-order chi connectivity index (χ1) is 12.0. The smallest absolute Gasteiger partial charge is 0.308 e. The van der Waals surface area contributed by atoms with Gasteiger partial charge in [0.1, 0.15) is 4.83 Å². The van der Waals surface area contributed by atoms with Crippen molar-refractivity contribution in [3.8, 4) is 0 Å². The molecule has 3 heterocycles. The minimum atomic E-state index is -0.810. The van der Waals surface area contributed by atoms with E-state index in [1.807, 2.05) is 5.38 Å². The third kappa shape index (κ3) is 3.06. The van der Waals surface area contributed by atoms with Crippen molar-refractivity contribution in [1.29, 1.82) is 0 Å². The zero-order chi connectivity index (χ0) is 17.6. The lowest BCUT2D eigenvalue weighted by molar-refractivity contribution is -0.142. The van der Waals surface area contributed by atoms with Crippen LogP contribution in [0.2, 0.25) is 0 Å². The van der Waals surface area contributed by atoms with E-state index in [1.54, 1.807) is 11.0 Å². The summed E-state index contributed by atoms with van der Waals surface area (Å²) in [4.78, 5) is 42.9. The Labute approximate surface area is 147 Å². The number of fused-ring (bicyclic) bond motifs is 1. The highest BCUT2D eigenvalue weighted by Gasteiger charge is 2.46.